The van der Waals surface area contributed by atoms with Crippen molar-refractivity contribution in [3.05, 3.63) is 0 Å². The Bertz CT molecular complexity index is 191. The van der Waals surface area contributed by atoms with Crippen molar-refractivity contribution in [3.8, 4) is 0 Å². The lowest BCUT2D eigenvalue weighted by molar-refractivity contribution is -0.305. The highest BCUT2D eigenvalue weighted by molar-refractivity contribution is 4.98. The molecule has 76 valence electrons. The molecule has 2 aliphatic rings. The Morgan fingerprint density at radius 1 is 1.38 bits per heavy atom. The third kappa shape index (κ3) is 2.03. The predicted octanol–water partition coefficient (Wildman–Crippen LogP) is 1.65. The Labute approximate surface area is 79.0 Å². The van der Waals surface area contributed by atoms with Crippen molar-refractivity contribution in [2.75, 3.05) is 6.61 Å². The Morgan fingerprint density at radius 3 is 2.62 bits per heavy atom. The van der Waals surface area contributed by atoms with Crippen molar-refractivity contribution < 1.29 is 14.6 Å². The molecule has 3 heteroatoms. The molecule has 1 atom stereocenters. The van der Waals surface area contributed by atoms with Crippen LogP contribution in [0.5, 0.6) is 0 Å². The molecule has 1 spiro atoms. The van der Waals surface area contributed by atoms with Crippen LogP contribution in [0.1, 0.15) is 39.5 Å². The molecule has 0 aromatic carbocycles. The van der Waals surface area contributed by atoms with E-state index in [2.05, 4.69) is 0 Å². The van der Waals surface area contributed by atoms with Gasteiger partial charge in [-0.1, -0.05) is 0 Å². The maximum absolute atomic E-state index is 9.53. The molecule has 0 bridgehead atoms. The van der Waals surface area contributed by atoms with Crippen molar-refractivity contribution >= 4 is 0 Å². The van der Waals surface area contributed by atoms with E-state index in [1.54, 1.807) is 13.8 Å². The molecule has 1 heterocycles. The maximum Gasteiger partial charge on any atom is 0.166 e. The van der Waals surface area contributed by atoms with Gasteiger partial charge in [-0.05, 0) is 39.5 Å². The zero-order chi connectivity index (χ0) is 9.53. The average Bonchev–Trinajstić information content (AvgIpc) is 2.73. The predicted molar refractivity (Wildman–Crippen MR) is 48.0 cm³/mol. The molecule has 13 heavy (non-hydrogen) atoms. The summed E-state index contributed by atoms with van der Waals surface area (Å²) in [7, 11) is 0. The van der Waals surface area contributed by atoms with Gasteiger partial charge in [0, 0.05) is 12.0 Å². The van der Waals surface area contributed by atoms with E-state index in [1.165, 1.54) is 19.3 Å². The van der Waals surface area contributed by atoms with E-state index in [0.29, 0.717) is 0 Å². The minimum atomic E-state index is -1.07. The summed E-state index contributed by atoms with van der Waals surface area (Å²) in [5.74, 6) is -1.07. The van der Waals surface area contributed by atoms with E-state index in [-0.39, 0.29) is 11.7 Å². The molecule has 0 amide bonds. The lowest BCUT2D eigenvalue weighted by Crippen LogP contribution is -2.40. The molecule has 1 aliphatic carbocycles. The van der Waals surface area contributed by atoms with Gasteiger partial charge in [0.2, 0.25) is 0 Å². The van der Waals surface area contributed by atoms with Crippen LogP contribution < -0.4 is 0 Å². The maximum atomic E-state index is 9.53. The molecule has 0 aromatic heterocycles. The largest absolute Gasteiger partial charge is 0.366 e. The van der Waals surface area contributed by atoms with Crippen molar-refractivity contribution in [2.24, 2.45) is 5.41 Å². The number of rotatable bonds is 2. The Hall–Kier alpha value is -0.120. The summed E-state index contributed by atoms with van der Waals surface area (Å²) in [4.78, 5) is 0. The second-order valence-corrected chi connectivity index (χ2v) is 4.73. The van der Waals surface area contributed by atoms with Gasteiger partial charge in [0.1, 0.15) is 0 Å². The molecule has 3 nitrogen and oxygen atoms in total. The molecule has 0 radical (unpaired) electrons. The third-order valence-corrected chi connectivity index (χ3v) is 2.88. The first kappa shape index (κ1) is 9.44. The normalized spacial score (nSPS) is 32.1. The van der Waals surface area contributed by atoms with Gasteiger partial charge in [0.15, 0.2) is 12.1 Å². The molecule has 1 saturated heterocycles. The topological polar surface area (TPSA) is 38.7 Å². The minimum absolute atomic E-state index is 0.179. The van der Waals surface area contributed by atoms with Crippen LogP contribution in [-0.2, 0) is 9.47 Å². The van der Waals surface area contributed by atoms with Crippen LogP contribution in [-0.4, -0.2) is 23.8 Å². The van der Waals surface area contributed by atoms with Gasteiger partial charge in [0.25, 0.3) is 0 Å². The molecule has 1 N–H and O–H groups in total. The third-order valence-electron chi connectivity index (χ3n) is 2.88. The number of hydrogen-bond donors (Lipinski definition) is 1. The first-order valence-electron chi connectivity index (χ1n) is 5.04. The monoisotopic (exact) mass is 186 g/mol. The summed E-state index contributed by atoms with van der Waals surface area (Å²) < 4.78 is 11.0. The molecular weight excluding hydrogens is 168 g/mol. The van der Waals surface area contributed by atoms with Crippen LogP contribution in [0, 0.1) is 5.41 Å². The van der Waals surface area contributed by atoms with Gasteiger partial charge < -0.3 is 14.6 Å². The standard InChI is InChI=1S/C10H18O3/c1-9(2,11)13-8-10(5-6-10)4-3-7-12-8/h8,11H,3-7H2,1-2H3/t8-/m0/s1. The van der Waals surface area contributed by atoms with Gasteiger partial charge in [-0.15, -0.1) is 0 Å². The summed E-state index contributed by atoms with van der Waals surface area (Å²) in [5, 5.41) is 9.53. The number of ether oxygens (including phenoxy) is 2. The summed E-state index contributed by atoms with van der Waals surface area (Å²) >= 11 is 0. The molecule has 1 aliphatic heterocycles. The zero-order valence-corrected chi connectivity index (χ0v) is 8.38. The quantitative estimate of drug-likeness (QED) is 0.666. The van der Waals surface area contributed by atoms with Crippen molar-refractivity contribution in [1.82, 2.24) is 0 Å². The SMILES string of the molecule is CC(C)(O)O[C@@H]1OCCCC12CC2. The lowest BCUT2D eigenvalue weighted by atomic mass is 9.97. The van der Waals surface area contributed by atoms with Crippen LogP contribution in [0.15, 0.2) is 0 Å². The smallest absolute Gasteiger partial charge is 0.166 e. The van der Waals surface area contributed by atoms with Crippen LogP contribution in [0.3, 0.4) is 0 Å². The number of aliphatic hydroxyl groups is 1. The van der Waals surface area contributed by atoms with Gasteiger partial charge in [0.05, 0.1) is 0 Å². The Balaban J connectivity index is 1.97. The molecular formula is C10H18O3. The van der Waals surface area contributed by atoms with E-state index < -0.39 is 5.79 Å². The van der Waals surface area contributed by atoms with Crippen LogP contribution in [0.25, 0.3) is 0 Å². The highest BCUT2D eigenvalue weighted by Crippen LogP contribution is 2.56. The molecule has 1 saturated carbocycles. The van der Waals surface area contributed by atoms with Gasteiger partial charge in [-0.25, -0.2) is 0 Å². The second kappa shape index (κ2) is 2.94. The first-order valence-corrected chi connectivity index (χ1v) is 5.04. The summed E-state index contributed by atoms with van der Waals surface area (Å²) in [5.41, 5.74) is 0.248. The molecule has 2 rings (SSSR count). The van der Waals surface area contributed by atoms with Crippen LogP contribution >= 0.6 is 0 Å². The van der Waals surface area contributed by atoms with Crippen LogP contribution in [0.4, 0.5) is 0 Å². The van der Waals surface area contributed by atoms with Crippen molar-refractivity contribution in [3.63, 3.8) is 0 Å². The highest BCUT2D eigenvalue weighted by Gasteiger charge is 2.53. The molecule has 0 unspecified atom stereocenters. The minimum Gasteiger partial charge on any atom is -0.366 e. The van der Waals surface area contributed by atoms with E-state index in [1.807, 2.05) is 0 Å². The first-order chi connectivity index (χ1) is 6.02. The van der Waals surface area contributed by atoms with Crippen molar-refractivity contribution in [1.29, 1.82) is 0 Å². The van der Waals surface area contributed by atoms with Crippen LogP contribution in [0.2, 0.25) is 0 Å². The van der Waals surface area contributed by atoms with E-state index in [9.17, 15) is 5.11 Å². The summed E-state index contributed by atoms with van der Waals surface area (Å²) in [6.07, 6.45) is 4.52. The lowest BCUT2D eigenvalue weighted by Gasteiger charge is -2.35. The molecule has 2 fully saturated rings. The fourth-order valence-electron chi connectivity index (χ4n) is 1.98. The summed E-state index contributed by atoms with van der Waals surface area (Å²) in [6.45, 7) is 4.07. The molecule has 0 aromatic rings. The van der Waals surface area contributed by atoms with Gasteiger partial charge >= 0.3 is 0 Å². The van der Waals surface area contributed by atoms with E-state index >= 15 is 0 Å². The highest BCUT2D eigenvalue weighted by atomic mass is 16.7. The van der Waals surface area contributed by atoms with Gasteiger partial charge in [-0.2, -0.15) is 0 Å². The fraction of sp³-hybridized carbons (Fsp3) is 1.00. The summed E-state index contributed by atoms with van der Waals surface area (Å²) in [6, 6.07) is 0. The number of hydrogen-bond acceptors (Lipinski definition) is 3. The average molecular weight is 186 g/mol. The Morgan fingerprint density at radius 2 is 2.08 bits per heavy atom. The fourth-order valence-corrected chi connectivity index (χ4v) is 1.98. The van der Waals surface area contributed by atoms with E-state index in [4.69, 9.17) is 9.47 Å². The zero-order valence-electron chi connectivity index (χ0n) is 8.38. The van der Waals surface area contributed by atoms with E-state index in [0.717, 1.165) is 13.0 Å². The second-order valence-electron chi connectivity index (χ2n) is 4.73. The van der Waals surface area contributed by atoms with Crippen molar-refractivity contribution in [2.45, 2.75) is 51.6 Å². The Kier molecular flexibility index (Phi) is 2.13. The van der Waals surface area contributed by atoms with Gasteiger partial charge in [-0.3, -0.25) is 0 Å².